The summed E-state index contributed by atoms with van der Waals surface area (Å²) in [7, 11) is 1.55. The van der Waals surface area contributed by atoms with E-state index >= 15 is 0 Å². The zero-order chi connectivity index (χ0) is 84.2. The van der Waals surface area contributed by atoms with Gasteiger partial charge in [0.15, 0.2) is 18.7 Å². The zero-order valence-corrected chi connectivity index (χ0v) is 73.5. The van der Waals surface area contributed by atoms with Crippen molar-refractivity contribution in [1.82, 2.24) is 39.8 Å². The number of aromatic nitrogens is 2. The third-order valence-electron chi connectivity index (χ3n) is 19.1. The highest BCUT2D eigenvalue weighted by molar-refractivity contribution is 9.09. The van der Waals surface area contributed by atoms with Crippen LogP contribution in [0.4, 0.5) is 5.82 Å². The number of nitrogens with zero attached hydrogens (tertiary/aromatic N) is 10. The summed E-state index contributed by atoms with van der Waals surface area (Å²) in [5, 5.41) is 77.4. The Balaban J connectivity index is 0.000000219. The molecule has 15 N–H and O–H groups in total. The van der Waals surface area contributed by atoms with Crippen molar-refractivity contribution in [3.8, 4) is 0 Å². The summed E-state index contributed by atoms with van der Waals surface area (Å²) in [6.07, 6.45) is 36.8. The van der Waals surface area contributed by atoms with Crippen LogP contribution in [0.3, 0.4) is 0 Å². The van der Waals surface area contributed by atoms with Crippen molar-refractivity contribution in [3.05, 3.63) is 133 Å². The molecule has 0 bridgehead atoms. The van der Waals surface area contributed by atoms with Gasteiger partial charge in [0.05, 0.1) is 47.5 Å². The predicted octanol–water partition coefficient (Wildman–Crippen LogP) is 4.57. The van der Waals surface area contributed by atoms with Gasteiger partial charge in [-0.2, -0.15) is 4.98 Å². The van der Waals surface area contributed by atoms with Gasteiger partial charge in [-0.15, -0.1) is 65.9 Å². The third kappa shape index (κ3) is 28.0. The summed E-state index contributed by atoms with van der Waals surface area (Å²) in [4.78, 5) is 61.1. The van der Waals surface area contributed by atoms with Gasteiger partial charge < -0.3 is 107 Å². The van der Waals surface area contributed by atoms with Crippen molar-refractivity contribution in [1.29, 1.82) is 0 Å². The van der Waals surface area contributed by atoms with Crippen molar-refractivity contribution in [3.63, 3.8) is 0 Å². The van der Waals surface area contributed by atoms with E-state index < -0.39 is 114 Å². The van der Waals surface area contributed by atoms with Crippen LogP contribution in [0.2, 0.25) is 0 Å². The summed E-state index contributed by atoms with van der Waals surface area (Å²) in [6, 6.07) is 0.888. The van der Waals surface area contributed by atoms with Gasteiger partial charge in [-0.1, -0.05) is 55.2 Å². The van der Waals surface area contributed by atoms with Crippen molar-refractivity contribution in [2.24, 2.45) is 37.4 Å². The normalized spacial score (nSPS) is 30.6. The van der Waals surface area contributed by atoms with E-state index in [1.807, 2.05) is 18.0 Å². The molecule has 626 valence electrons. The number of ether oxygens (including phenoxy) is 5. The van der Waals surface area contributed by atoms with Crippen LogP contribution >= 0.6 is 50.4 Å². The fourth-order valence-corrected chi connectivity index (χ4v) is 18.3. The lowest BCUT2D eigenvalue weighted by atomic mass is 10.00. The number of amidine groups is 4. The van der Waals surface area contributed by atoms with Crippen LogP contribution in [0.25, 0.3) is 0 Å². The molecule has 1 aromatic rings. The topological polar surface area (TPSA) is 421 Å². The molecule has 9 aliphatic rings. The van der Waals surface area contributed by atoms with Gasteiger partial charge in [0.1, 0.15) is 95.3 Å². The minimum atomic E-state index is -1.23. The number of hydrogen-bond acceptors (Lipinski definition) is 27. The largest absolute Gasteiger partial charge is 0.390 e. The van der Waals surface area contributed by atoms with Crippen LogP contribution in [0.1, 0.15) is 58.9 Å². The van der Waals surface area contributed by atoms with Crippen LogP contribution in [-0.2, 0) is 33.3 Å². The Labute approximate surface area is 670 Å². The highest BCUT2D eigenvalue weighted by Crippen LogP contribution is 2.45. The molecule has 36 heteroatoms. The maximum absolute atomic E-state index is 11.8. The lowest BCUT2D eigenvalue weighted by Gasteiger charge is -2.32. The number of aliphatic hydroxyl groups is 7. The van der Waals surface area contributed by atoms with E-state index in [2.05, 4.69) is 176 Å². The van der Waals surface area contributed by atoms with E-state index in [0.29, 0.717) is 59.5 Å². The van der Waals surface area contributed by atoms with Gasteiger partial charge in [0.2, 0.25) is 11.8 Å². The van der Waals surface area contributed by atoms with Crippen LogP contribution < -0.4 is 33.5 Å². The zero-order valence-electron chi connectivity index (χ0n) is 67.5. The van der Waals surface area contributed by atoms with Gasteiger partial charge in [0.25, 0.3) is 0 Å². The highest BCUT2D eigenvalue weighted by Gasteiger charge is 2.50. The fourth-order valence-electron chi connectivity index (χ4n) is 12.9. The SMILES string of the molecule is C=C1N=C(N)C=CN1C1O[C@H](CCP(=C)(C)C)[C@@H](O)[C@H]1Br.C=C1N=C(N)C=CN1C1O[C@H](CCP(=C)(C)C)[C@@H](O)[C@H]1C.C=C1N=C(NC(C)=O)C=CN1C1O[C@H](CCP(=C)(C)C)[C@@H](O)[C@H]1O.C=C1N=C(NC(C)=O)C=CN1C1O[C@H](CCP(=C)(C)C)[C@@H](O)[C@H]1OC.C=P(C)(C)CCC1=CC(n2ccc(N)nc2=O)[C@H](O)[C@@H]1O. The third-order valence-corrected chi connectivity index (χ3v) is 27.4. The van der Waals surface area contributed by atoms with Crippen LogP contribution in [0, 0.1) is 5.92 Å². The van der Waals surface area contributed by atoms with Gasteiger partial charge in [-0.25, -0.2) is 24.8 Å². The Bertz CT molecular complexity index is 4090. The first-order valence-corrected chi connectivity index (χ1v) is 53.0. The number of carbonyl (C=O) groups is 2. The Morgan fingerprint density at radius 1 is 0.527 bits per heavy atom. The highest BCUT2D eigenvalue weighted by atomic mass is 79.9. The fraction of sp³-hybridized carbons (Fsp3) is 0.566. The molecule has 4 saturated heterocycles. The van der Waals surface area contributed by atoms with E-state index in [0.717, 1.165) is 55.6 Å². The minimum Gasteiger partial charge on any atom is -0.390 e. The number of aliphatic imine (C=N–C) groups is 4. The molecule has 0 radical (unpaired) electrons. The van der Waals surface area contributed by atoms with Crippen LogP contribution in [0.5, 0.6) is 0 Å². The monoisotopic (exact) mass is 1720 g/mol. The van der Waals surface area contributed by atoms with Gasteiger partial charge in [-0.3, -0.25) is 14.2 Å². The van der Waals surface area contributed by atoms with Crippen molar-refractivity contribution in [2.45, 2.75) is 162 Å². The predicted molar refractivity (Wildman–Crippen MR) is 472 cm³/mol. The number of anilines is 1. The summed E-state index contributed by atoms with van der Waals surface area (Å²) >= 11 is 3.53. The first-order valence-electron chi connectivity index (χ1n) is 36.8. The Morgan fingerprint density at radius 3 is 1.32 bits per heavy atom. The molecule has 9 heterocycles. The first kappa shape index (κ1) is 95.1. The second-order valence-electron chi connectivity index (χ2n) is 32.6. The number of alkyl halides is 1. The molecule has 1 aliphatic carbocycles. The smallest absolute Gasteiger partial charge is 0.350 e. The number of aliphatic hydroxyl groups excluding tert-OH is 7. The number of nitrogens with one attached hydrogen (secondary N) is 2. The first-order chi connectivity index (χ1) is 51.8. The van der Waals surface area contributed by atoms with Crippen molar-refractivity contribution < 1.29 is 69.0 Å². The second-order valence-corrected chi connectivity index (χ2v) is 55.3. The van der Waals surface area contributed by atoms with Crippen LogP contribution in [0.15, 0.2) is 147 Å². The Morgan fingerprint density at radius 2 is 0.902 bits per heavy atom. The number of rotatable bonds is 21. The van der Waals surface area contributed by atoms with Crippen molar-refractivity contribution in [2.75, 3.05) is 110 Å². The van der Waals surface area contributed by atoms with E-state index in [1.54, 1.807) is 70.8 Å². The lowest BCUT2D eigenvalue weighted by molar-refractivity contribution is -0.118. The molecule has 10 rings (SSSR count). The van der Waals surface area contributed by atoms with Gasteiger partial charge in [0, 0.05) is 57.9 Å². The molecule has 19 atom stereocenters. The molecular weight excluding hydrogens is 1600 g/mol. The van der Waals surface area contributed by atoms with E-state index in [1.165, 1.54) is 30.7 Å². The molecule has 8 aliphatic heterocycles. The van der Waals surface area contributed by atoms with E-state index in [9.17, 15) is 50.1 Å². The maximum Gasteiger partial charge on any atom is 0.350 e. The second kappa shape index (κ2) is 40.4. The standard InChI is InChI=1S/C17H28N3O4P.C16H26N3O4P.C15H26N3O2P.C14H23BrN3O2P.C14H22N3O3P/c1-11-18-14(19-12(2)21)7-9-20(11)17-16(23-3)15(22)13(24-17)8-10-25(4,5)6;1-10-17-13(18-11(2)20)6-8-19(10)16-15(22)14(21)12(23-16)7-9-24(3,4)5;1-10-14(19)12(7-9-21(3,4)5)20-15(10)18-8-6-13(16)17-11(18)2;1-9-17-11(16)5-7-18(9)14-12(15)13(19)10(20-14)6-8-21(2,3)4;1-21(2,3)7-5-9-8-10(13(19)12(9)18)17-6-4-11(15)16-14(17)20/h7,9,13,15-17,22H,1,4,8,10H2,2-3,5-6H3,(H,18,19,21);6,8,12,14-16,21-22H,1,3,7,9H2,2,4-5H3,(H,17,18,20);6,8,10,12,14-15,19H,2-3,7,9H2,1,4-5H3,(H2,16,17);5,7,10,12-14,19H,1-2,6,8H2,3-4H3,(H2,16,17);4,6,8,10,12-13,18-19H,1,5,7H2,2-3H3,(H2,15,16,20)/t13-,15-,16-,17?;12-,14-,15-,16?;10-,12-,14+,15?;10-,12-,13-,14?;10?,12-,13+/m11111/s1. The van der Waals surface area contributed by atoms with Crippen LogP contribution in [-0.4, -0.2) is 339 Å². The molecule has 0 saturated carbocycles. The number of methoxy groups -OCH3 is 1. The molecule has 0 aromatic carbocycles. The molecule has 0 spiro atoms. The lowest BCUT2D eigenvalue weighted by Crippen LogP contribution is -2.43. The molecule has 30 nitrogen and oxygen atoms in total. The molecule has 112 heavy (non-hydrogen) atoms. The van der Waals surface area contributed by atoms with E-state index in [4.69, 9.17) is 40.9 Å². The quantitative estimate of drug-likeness (QED) is 0.0455. The summed E-state index contributed by atoms with van der Waals surface area (Å²) in [6.45, 7) is 36.0. The minimum absolute atomic E-state index is 0.0165. The number of amides is 2. The van der Waals surface area contributed by atoms with Gasteiger partial charge >= 0.3 is 5.69 Å². The molecule has 2 amide bonds. The number of halogens is 1. The molecule has 4 fully saturated rings. The average molecular weight is 1720 g/mol. The average Bonchev–Trinajstić information content (AvgIpc) is 1.66. The summed E-state index contributed by atoms with van der Waals surface area (Å²) in [5.74, 6) is 3.13. The summed E-state index contributed by atoms with van der Waals surface area (Å²) in [5.41, 5.74) is 17.0. The molecule has 5 unspecified atom stereocenters. The molecule has 1 aromatic heterocycles. The summed E-state index contributed by atoms with van der Waals surface area (Å²) < 4.78 is 30.8. The number of nitrogens with two attached hydrogens (primary N) is 3. The maximum atomic E-state index is 11.8. The number of hydrogen-bond donors (Lipinski definition) is 12. The number of nitrogen functional groups attached to an aromatic ring is 1. The Kier molecular flexibility index (Phi) is 34.3. The van der Waals surface area contributed by atoms with Gasteiger partial charge in [-0.05, 0) is 166 Å². The number of carbonyl (C=O) groups excluding carboxylic acids is 2. The molecular formula is C76H125BrN15O15P5. The van der Waals surface area contributed by atoms with E-state index in [-0.39, 0.29) is 59.1 Å². The Hall–Kier alpha value is -5.74. The van der Waals surface area contributed by atoms with Crippen molar-refractivity contribution >= 4 is 123 Å².